The van der Waals surface area contributed by atoms with E-state index in [0.29, 0.717) is 23.0 Å². The van der Waals surface area contributed by atoms with Crippen molar-refractivity contribution in [2.45, 2.75) is 31.5 Å². The first-order chi connectivity index (χ1) is 18.2. The molecule has 3 N–H and O–H groups in total. The molecule has 204 valence electrons. The second-order valence-corrected chi connectivity index (χ2v) is 11.3. The summed E-state index contributed by atoms with van der Waals surface area (Å²) in [6.45, 7) is 2.12. The fraction of sp³-hybridized carbons (Fsp3) is 0.478. The Morgan fingerprint density at radius 2 is 2.00 bits per heavy atom. The minimum atomic E-state index is -0.906. The van der Waals surface area contributed by atoms with Crippen LogP contribution >= 0.6 is 35.0 Å². The van der Waals surface area contributed by atoms with Crippen LogP contribution in [0.15, 0.2) is 18.3 Å². The fourth-order valence-corrected chi connectivity index (χ4v) is 5.81. The molecule has 1 fully saturated rings. The molecule has 0 radical (unpaired) electrons. The van der Waals surface area contributed by atoms with Gasteiger partial charge in [0.25, 0.3) is 5.91 Å². The lowest BCUT2D eigenvalue weighted by Gasteiger charge is -2.39. The molecule has 38 heavy (non-hydrogen) atoms. The highest BCUT2D eigenvalue weighted by Crippen LogP contribution is 2.25. The molecule has 0 saturated carbocycles. The number of halogens is 1. The molecule has 0 aromatic carbocycles. The van der Waals surface area contributed by atoms with Crippen LogP contribution < -0.4 is 16.0 Å². The standard InChI is InChI=1S/C23H28ClN7O5S2/c1-30-7-5-15-17(11-30)38-23(28-15)22(35)27-16-10-31(19(32)12-37-36-2)8-6-14(16)26-20(33)21(34)29-18-4-3-13(24)9-25-18/h3-4,9,14,16H,5-8,10-12H2,1-2H3,(H,26,33)(H,27,35)(H,25,29,34)/t14-,16+/m0/s1. The predicted octanol–water partition coefficient (Wildman–Crippen LogP) is 0.928. The molecule has 0 aliphatic carbocycles. The Hall–Kier alpha value is -2.78. The van der Waals surface area contributed by atoms with Gasteiger partial charge in [-0.25, -0.2) is 9.97 Å². The van der Waals surface area contributed by atoms with Gasteiger partial charge in [-0.2, -0.15) is 0 Å². The number of thiazole rings is 1. The molecule has 0 bridgehead atoms. The van der Waals surface area contributed by atoms with Gasteiger partial charge in [0, 0.05) is 55.7 Å². The normalized spacial score (nSPS) is 19.4. The second-order valence-electron chi connectivity index (χ2n) is 8.91. The molecule has 1 saturated heterocycles. The van der Waals surface area contributed by atoms with E-state index in [4.69, 9.17) is 15.8 Å². The monoisotopic (exact) mass is 581 g/mol. The predicted molar refractivity (Wildman–Crippen MR) is 144 cm³/mol. The van der Waals surface area contributed by atoms with Crippen molar-refractivity contribution in [1.29, 1.82) is 0 Å². The van der Waals surface area contributed by atoms with Crippen molar-refractivity contribution in [3.8, 4) is 0 Å². The molecule has 0 spiro atoms. The summed E-state index contributed by atoms with van der Waals surface area (Å²) in [5, 5.41) is 8.79. The van der Waals surface area contributed by atoms with Crippen LogP contribution in [-0.2, 0) is 31.5 Å². The van der Waals surface area contributed by atoms with Gasteiger partial charge >= 0.3 is 11.8 Å². The number of piperidine rings is 1. The van der Waals surface area contributed by atoms with Crippen molar-refractivity contribution >= 4 is 64.4 Å². The number of nitrogens with zero attached hydrogens (tertiary/aromatic N) is 4. The second kappa shape index (κ2) is 12.8. The average molecular weight is 582 g/mol. The topological polar surface area (TPSA) is 146 Å². The summed E-state index contributed by atoms with van der Waals surface area (Å²) in [7, 11) is 3.50. The maximum absolute atomic E-state index is 13.2. The van der Waals surface area contributed by atoms with Crippen LogP contribution in [0.25, 0.3) is 0 Å². The number of carbonyl (C=O) groups is 4. The molecule has 4 rings (SSSR count). The number of pyridine rings is 1. The highest BCUT2D eigenvalue weighted by molar-refractivity contribution is 7.95. The molecule has 15 heteroatoms. The van der Waals surface area contributed by atoms with E-state index in [0.717, 1.165) is 42.1 Å². The van der Waals surface area contributed by atoms with Gasteiger partial charge in [0.1, 0.15) is 5.82 Å². The summed E-state index contributed by atoms with van der Waals surface area (Å²) < 4.78 is 4.93. The Bertz CT molecular complexity index is 1200. The van der Waals surface area contributed by atoms with E-state index in [-0.39, 0.29) is 29.9 Å². The van der Waals surface area contributed by atoms with E-state index in [1.807, 2.05) is 7.05 Å². The van der Waals surface area contributed by atoms with Crippen molar-refractivity contribution in [1.82, 2.24) is 30.4 Å². The number of fused-ring (bicyclic) bond motifs is 1. The number of likely N-dealkylation sites (N-methyl/N-ethyl adjacent to an activating group) is 1. The lowest BCUT2D eigenvalue weighted by molar-refractivity contribution is -0.137. The zero-order chi connectivity index (χ0) is 27.2. The van der Waals surface area contributed by atoms with Crippen molar-refractivity contribution in [3.63, 3.8) is 0 Å². The molecule has 2 aliphatic heterocycles. The number of carbonyl (C=O) groups excluding carboxylic acids is 4. The highest BCUT2D eigenvalue weighted by Gasteiger charge is 2.35. The molecular formula is C23H28ClN7O5S2. The van der Waals surface area contributed by atoms with E-state index in [1.165, 1.54) is 36.8 Å². The summed E-state index contributed by atoms with van der Waals surface area (Å²) >= 11 is 8.18. The van der Waals surface area contributed by atoms with Crippen LogP contribution in [0.2, 0.25) is 5.02 Å². The molecule has 2 aromatic rings. The van der Waals surface area contributed by atoms with Gasteiger partial charge in [-0.1, -0.05) is 11.6 Å². The molecular weight excluding hydrogens is 554 g/mol. The number of nitrogens with one attached hydrogen (secondary N) is 3. The van der Waals surface area contributed by atoms with Gasteiger partial charge in [0.2, 0.25) is 5.91 Å². The summed E-state index contributed by atoms with van der Waals surface area (Å²) in [5.74, 6) is -2.02. The largest absolute Gasteiger partial charge is 0.343 e. The summed E-state index contributed by atoms with van der Waals surface area (Å²) in [4.78, 5) is 64.3. The molecule has 2 aliphatic rings. The van der Waals surface area contributed by atoms with E-state index in [1.54, 1.807) is 4.90 Å². The van der Waals surface area contributed by atoms with Crippen LogP contribution in [0.3, 0.4) is 0 Å². The van der Waals surface area contributed by atoms with Crippen LogP contribution in [0.5, 0.6) is 0 Å². The smallest absolute Gasteiger partial charge is 0.314 e. The minimum absolute atomic E-state index is 0.122. The van der Waals surface area contributed by atoms with E-state index >= 15 is 0 Å². The van der Waals surface area contributed by atoms with Crippen LogP contribution in [-0.4, -0.2) is 95.0 Å². The molecule has 0 unspecified atom stereocenters. The third kappa shape index (κ3) is 7.20. The van der Waals surface area contributed by atoms with E-state index < -0.39 is 23.9 Å². The Kier molecular flexibility index (Phi) is 9.54. The van der Waals surface area contributed by atoms with Crippen molar-refractivity contribution < 1.29 is 23.4 Å². The minimum Gasteiger partial charge on any atom is -0.343 e. The van der Waals surface area contributed by atoms with Crippen molar-refractivity contribution in [2.24, 2.45) is 0 Å². The Morgan fingerprint density at radius 3 is 2.74 bits per heavy atom. The third-order valence-electron chi connectivity index (χ3n) is 6.19. The SMILES string of the molecule is COSCC(=O)N1CC[C@H](NC(=O)C(=O)Nc2ccc(Cl)cn2)[C@H](NC(=O)c2nc3c(s2)CN(C)CC3)C1. The fourth-order valence-electron chi connectivity index (χ4n) is 4.21. The van der Waals surface area contributed by atoms with Gasteiger partial charge in [0.05, 0.1) is 35.7 Å². The van der Waals surface area contributed by atoms with E-state index in [9.17, 15) is 19.2 Å². The van der Waals surface area contributed by atoms with Crippen LogP contribution in [0.1, 0.15) is 26.8 Å². The number of amides is 4. The average Bonchev–Trinajstić information content (AvgIpc) is 3.33. The molecule has 12 nitrogen and oxygen atoms in total. The van der Waals surface area contributed by atoms with Gasteiger partial charge in [-0.05, 0) is 25.6 Å². The van der Waals surface area contributed by atoms with Gasteiger partial charge in [0.15, 0.2) is 5.01 Å². The summed E-state index contributed by atoms with van der Waals surface area (Å²) in [5.41, 5.74) is 0.924. The third-order valence-corrected chi connectivity index (χ3v) is 8.10. The van der Waals surface area contributed by atoms with Crippen LogP contribution in [0.4, 0.5) is 5.82 Å². The Balaban J connectivity index is 1.44. The number of hydrogen-bond acceptors (Lipinski definition) is 10. The first kappa shape index (κ1) is 28.2. The zero-order valence-electron chi connectivity index (χ0n) is 20.9. The van der Waals surface area contributed by atoms with Gasteiger partial charge in [-0.15, -0.1) is 11.3 Å². The maximum atomic E-state index is 13.2. The zero-order valence-corrected chi connectivity index (χ0v) is 23.2. The number of rotatable bonds is 7. The molecule has 2 atom stereocenters. The molecule has 4 heterocycles. The van der Waals surface area contributed by atoms with Crippen molar-refractivity contribution in [3.05, 3.63) is 38.9 Å². The quantitative estimate of drug-likeness (QED) is 0.321. The Labute approximate surface area is 233 Å². The van der Waals surface area contributed by atoms with E-state index in [2.05, 4.69) is 30.8 Å². The number of hydrogen-bond donors (Lipinski definition) is 3. The Morgan fingerprint density at radius 1 is 1.18 bits per heavy atom. The van der Waals surface area contributed by atoms with Gasteiger partial charge in [-0.3, -0.25) is 19.2 Å². The van der Waals surface area contributed by atoms with Crippen LogP contribution in [0, 0.1) is 0 Å². The first-order valence-electron chi connectivity index (χ1n) is 11.9. The summed E-state index contributed by atoms with van der Waals surface area (Å²) in [6.07, 6.45) is 2.46. The number of anilines is 1. The first-order valence-corrected chi connectivity index (χ1v) is 14.0. The lowest BCUT2D eigenvalue weighted by atomic mass is 9.98. The number of aromatic nitrogens is 2. The van der Waals surface area contributed by atoms with Gasteiger partial charge < -0.3 is 29.9 Å². The molecule has 4 amide bonds. The maximum Gasteiger partial charge on any atom is 0.314 e. The molecule has 2 aromatic heterocycles. The number of likely N-dealkylation sites (tertiary alicyclic amines) is 1. The lowest BCUT2D eigenvalue weighted by Crippen LogP contribution is -2.62. The highest BCUT2D eigenvalue weighted by atomic mass is 35.5. The summed E-state index contributed by atoms with van der Waals surface area (Å²) in [6, 6.07) is 1.79. The van der Waals surface area contributed by atoms with Crippen molar-refractivity contribution in [2.75, 3.05) is 44.9 Å².